The maximum Gasteiger partial charge on any atom is 0.196 e. The molecule has 34 heavy (non-hydrogen) atoms. The highest BCUT2D eigenvalue weighted by Gasteiger charge is 2.57. The van der Waals surface area contributed by atoms with E-state index in [2.05, 4.69) is 151 Å². The third kappa shape index (κ3) is 3.12. The van der Waals surface area contributed by atoms with Crippen molar-refractivity contribution in [1.29, 1.82) is 0 Å². The standard InChI is InChI=1S/C32H26NP/c1-33-30-23-13-11-21-28(30)32(29-22-12-14-24-31(29)33)34(25-15-5-2-6-16-25,26-17-7-3-8-18-26)27-19-9-4-10-20-27/h2-24H,1H3/q+1. The average Bonchev–Trinajstić information content (AvgIpc) is 2.93. The fraction of sp³-hybridized carbons (Fsp3) is 0.0312. The van der Waals surface area contributed by atoms with Gasteiger partial charge in [-0.25, -0.2) is 0 Å². The molecule has 0 aliphatic carbocycles. The van der Waals surface area contributed by atoms with E-state index in [1.54, 1.807) is 0 Å². The molecule has 6 rings (SSSR count). The summed E-state index contributed by atoms with van der Waals surface area (Å²) in [5.74, 6) is 0. The van der Waals surface area contributed by atoms with Crippen LogP contribution in [-0.4, -0.2) is 7.05 Å². The van der Waals surface area contributed by atoms with Crippen molar-refractivity contribution in [3.05, 3.63) is 156 Å². The van der Waals surface area contributed by atoms with Gasteiger partial charge in [0.15, 0.2) is 5.66 Å². The van der Waals surface area contributed by atoms with E-state index < -0.39 is 7.26 Å². The molecule has 1 aliphatic heterocycles. The Morgan fingerprint density at radius 1 is 0.412 bits per heavy atom. The number of hydrogen-bond acceptors (Lipinski definition) is 1. The first kappa shape index (κ1) is 20.9. The molecule has 1 aliphatic rings. The minimum absolute atomic E-state index is 1.25. The van der Waals surface area contributed by atoms with Crippen LogP contribution in [0.15, 0.2) is 140 Å². The molecule has 163 valence electrons. The summed E-state index contributed by atoms with van der Waals surface area (Å²) < 4.78 is 0. The first-order chi connectivity index (χ1) is 16.8. The summed E-state index contributed by atoms with van der Waals surface area (Å²) in [4.78, 5) is 2.34. The van der Waals surface area contributed by atoms with Gasteiger partial charge in [-0.15, -0.1) is 0 Å². The second kappa shape index (κ2) is 8.60. The molecule has 0 amide bonds. The van der Waals surface area contributed by atoms with Crippen molar-refractivity contribution in [1.82, 2.24) is 0 Å². The van der Waals surface area contributed by atoms with E-state index in [1.165, 1.54) is 44.1 Å². The van der Waals surface area contributed by atoms with Gasteiger partial charge < -0.3 is 4.90 Å². The number of rotatable bonds is 4. The quantitative estimate of drug-likeness (QED) is 0.273. The second-order valence-corrected chi connectivity index (χ2v) is 12.0. The molecule has 0 spiro atoms. The van der Waals surface area contributed by atoms with Gasteiger partial charge in [-0.2, -0.15) is 0 Å². The van der Waals surface area contributed by atoms with Crippen molar-refractivity contribution in [2.24, 2.45) is 0 Å². The molecule has 0 atom stereocenters. The van der Waals surface area contributed by atoms with E-state index in [-0.39, 0.29) is 0 Å². The number of fused-ring (bicyclic) bond motifs is 2. The minimum Gasteiger partial charge on any atom is -0.344 e. The number of nitrogens with zero attached hydrogens (tertiary/aromatic N) is 1. The van der Waals surface area contributed by atoms with Crippen molar-refractivity contribution in [3.63, 3.8) is 0 Å². The lowest BCUT2D eigenvalue weighted by atomic mass is 9.95. The Bertz CT molecular complexity index is 1270. The Morgan fingerprint density at radius 3 is 1.12 bits per heavy atom. The molecule has 0 unspecified atom stereocenters. The van der Waals surface area contributed by atoms with Gasteiger partial charge in [-0.1, -0.05) is 91.0 Å². The third-order valence-electron chi connectivity index (χ3n) is 6.81. The Labute approximate surface area is 202 Å². The highest BCUT2D eigenvalue weighted by atomic mass is 31.2. The molecule has 0 bridgehead atoms. The minimum atomic E-state index is -2.23. The van der Waals surface area contributed by atoms with E-state index >= 15 is 0 Å². The van der Waals surface area contributed by atoms with Crippen LogP contribution in [0.1, 0.15) is 11.1 Å². The van der Waals surface area contributed by atoms with E-state index in [4.69, 9.17) is 0 Å². The molecule has 1 nitrogen and oxygen atoms in total. The van der Waals surface area contributed by atoms with Crippen LogP contribution >= 0.6 is 7.26 Å². The predicted molar refractivity (Wildman–Crippen MR) is 148 cm³/mol. The second-order valence-electron chi connectivity index (χ2n) is 8.62. The monoisotopic (exact) mass is 455 g/mol. The smallest absolute Gasteiger partial charge is 0.196 e. The first-order valence-electron chi connectivity index (χ1n) is 11.7. The molecule has 0 N–H and O–H groups in total. The number of benzene rings is 5. The highest BCUT2D eigenvalue weighted by molar-refractivity contribution is 7.98. The maximum atomic E-state index is 2.34. The van der Waals surface area contributed by atoms with Gasteiger partial charge in [0.05, 0.1) is 0 Å². The van der Waals surface area contributed by atoms with Crippen molar-refractivity contribution >= 4 is 34.6 Å². The summed E-state index contributed by atoms with van der Waals surface area (Å²) in [5, 5.41) is 4.12. The zero-order valence-electron chi connectivity index (χ0n) is 19.2. The normalized spacial score (nSPS) is 13.3. The number of hydrogen-bond donors (Lipinski definition) is 0. The van der Waals surface area contributed by atoms with Crippen LogP contribution in [0.2, 0.25) is 0 Å². The highest BCUT2D eigenvalue weighted by Crippen LogP contribution is 2.71. The zero-order chi connectivity index (χ0) is 23.0. The van der Waals surface area contributed by atoms with E-state index in [0.717, 1.165) is 0 Å². The molecule has 0 saturated heterocycles. The molecule has 1 radical (unpaired) electrons. The molecule has 1 heterocycles. The first-order valence-corrected chi connectivity index (χ1v) is 13.5. The van der Waals surface area contributed by atoms with Gasteiger partial charge in [-0.3, -0.25) is 0 Å². The molecule has 0 fully saturated rings. The summed E-state index contributed by atoms with van der Waals surface area (Å²) in [6.45, 7) is 0. The molecule has 5 aromatic carbocycles. The fourth-order valence-corrected chi connectivity index (χ4v) is 9.99. The molecular formula is C32H26NP+. The Hall–Kier alpha value is -3.67. The third-order valence-corrected chi connectivity index (χ3v) is 11.2. The number of anilines is 2. The Balaban J connectivity index is 1.80. The molecule has 0 aromatic heterocycles. The number of para-hydroxylation sites is 2. The average molecular weight is 456 g/mol. The fourth-order valence-electron chi connectivity index (χ4n) is 5.36. The lowest BCUT2D eigenvalue weighted by Crippen LogP contribution is -2.38. The van der Waals surface area contributed by atoms with Gasteiger partial charge in [0.2, 0.25) is 0 Å². The Kier molecular flexibility index (Phi) is 5.28. The molecule has 0 saturated carbocycles. The SMILES string of the molecule is CN1c2ccccc2[C]([P+](c2ccccc2)(c2ccccc2)c2ccccc2)c2ccccc21. The lowest BCUT2D eigenvalue weighted by Gasteiger charge is -2.40. The zero-order valence-corrected chi connectivity index (χ0v) is 20.1. The van der Waals surface area contributed by atoms with Crippen molar-refractivity contribution < 1.29 is 0 Å². The van der Waals surface area contributed by atoms with E-state index in [1.807, 2.05) is 0 Å². The van der Waals surface area contributed by atoms with Crippen LogP contribution in [0.4, 0.5) is 11.4 Å². The maximum absolute atomic E-state index is 2.34. The van der Waals surface area contributed by atoms with Crippen LogP contribution in [-0.2, 0) is 0 Å². The Morgan fingerprint density at radius 2 is 0.735 bits per heavy atom. The predicted octanol–water partition coefficient (Wildman–Crippen LogP) is 6.69. The van der Waals surface area contributed by atoms with Gasteiger partial charge >= 0.3 is 0 Å². The molecular weight excluding hydrogens is 429 g/mol. The summed E-state index contributed by atoms with van der Waals surface area (Å²) >= 11 is 0. The van der Waals surface area contributed by atoms with Crippen molar-refractivity contribution in [2.45, 2.75) is 0 Å². The van der Waals surface area contributed by atoms with Crippen LogP contribution in [0.5, 0.6) is 0 Å². The topological polar surface area (TPSA) is 3.24 Å². The van der Waals surface area contributed by atoms with Crippen LogP contribution < -0.4 is 20.8 Å². The van der Waals surface area contributed by atoms with Crippen LogP contribution in [0.3, 0.4) is 0 Å². The van der Waals surface area contributed by atoms with Gasteiger partial charge in [0, 0.05) is 29.5 Å². The van der Waals surface area contributed by atoms with Gasteiger partial charge in [-0.05, 0) is 48.5 Å². The molecule has 5 aromatic rings. The lowest BCUT2D eigenvalue weighted by molar-refractivity contribution is 1.13. The van der Waals surface area contributed by atoms with Crippen LogP contribution in [0.25, 0.3) is 0 Å². The van der Waals surface area contributed by atoms with E-state index in [0.29, 0.717) is 0 Å². The van der Waals surface area contributed by atoms with Crippen molar-refractivity contribution in [2.75, 3.05) is 11.9 Å². The summed E-state index contributed by atoms with van der Waals surface area (Å²) in [6, 6.07) is 51.2. The summed E-state index contributed by atoms with van der Waals surface area (Å²) in [5.41, 5.74) is 6.56. The van der Waals surface area contributed by atoms with Crippen molar-refractivity contribution in [3.8, 4) is 0 Å². The van der Waals surface area contributed by atoms with E-state index in [9.17, 15) is 0 Å². The van der Waals surface area contributed by atoms with Gasteiger partial charge in [0.25, 0.3) is 0 Å². The summed E-state index contributed by atoms with van der Waals surface area (Å²) in [7, 11) is -0.0472. The van der Waals surface area contributed by atoms with Crippen LogP contribution in [0, 0.1) is 5.66 Å². The summed E-state index contributed by atoms with van der Waals surface area (Å²) in [6.07, 6.45) is 0. The molecule has 2 heteroatoms. The van der Waals surface area contributed by atoms with Gasteiger partial charge in [0.1, 0.15) is 23.2 Å². The largest absolute Gasteiger partial charge is 0.344 e.